The number of carbonyl (C=O) groups excluding carboxylic acids is 2. The summed E-state index contributed by atoms with van der Waals surface area (Å²) in [6.07, 6.45) is 0. The van der Waals surface area contributed by atoms with Crippen molar-refractivity contribution in [3.05, 3.63) is 59.4 Å². The largest absolute Gasteiger partial charge is 0.455 e. The van der Waals surface area contributed by atoms with Gasteiger partial charge in [0.1, 0.15) is 12.4 Å². The SMILES string of the molecule is CN(CC(=O)OCC(=O)Nc1cccc(Cl)c1)S(=O)(=O)c1ccc(F)cc1. The Bertz CT molecular complexity index is 935. The van der Waals surface area contributed by atoms with Gasteiger partial charge >= 0.3 is 5.97 Å². The lowest BCUT2D eigenvalue weighted by atomic mass is 10.3. The van der Waals surface area contributed by atoms with E-state index in [2.05, 4.69) is 5.32 Å². The van der Waals surface area contributed by atoms with E-state index in [1.54, 1.807) is 18.2 Å². The molecule has 0 radical (unpaired) electrons. The van der Waals surface area contributed by atoms with Crippen LogP contribution in [-0.2, 0) is 24.3 Å². The van der Waals surface area contributed by atoms with Gasteiger partial charge in [-0.1, -0.05) is 17.7 Å². The van der Waals surface area contributed by atoms with Crippen LogP contribution in [0.3, 0.4) is 0 Å². The predicted molar refractivity (Wildman–Crippen MR) is 97.3 cm³/mol. The van der Waals surface area contributed by atoms with Crippen LogP contribution in [0.2, 0.25) is 5.02 Å². The summed E-state index contributed by atoms with van der Waals surface area (Å²) in [5, 5.41) is 2.91. The van der Waals surface area contributed by atoms with Crippen molar-refractivity contribution in [3.63, 3.8) is 0 Å². The van der Waals surface area contributed by atoms with Crippen molar-refractivity contribution in [2.24, 2.45) is 0 Å². The smallest absolute Gasteiger partial charge is 0.321 e. The maximum Gasteiger partial charge on any atom is 0.321 e. The second-order valence-electron chi connectivity index (χ2n) is 5.43. The van der Waals surface area contributed by atoms with E-state index < -0.39 is 40.9 Å². The molecule has 0 saturated heterocycles. The Kier molecular flexibility index (Phi) is 6.89. The Labute approximate surface area is 160 Å². The number of ether oxygens (including phenoxy) is 1. The Morgan fingerprint density at radius 1 is 1.19 bits per heavy atom. The summed E-state index contributed by atoms with van der Waals surface area (Å²) in [5.41, 5.74) is 0.430. The summed E-state index contributed by atoms with van der Waals surface area (Å²) in [6, 6.07) is 10.6. The van der Waals surface area contributed by atoms with Gasteiger partial charge in [-0.05, 0) is 42.5 Å². The first-order valence-corrected chi connectivity index (χ1v) is 9.43. The molecular formula is C17H16ClFN2O5S. The third kappa shape index (κ3) is 6.02. The monoisotopic (exact) mass is 414 g/mol. The molecule has 0 heterocycles. The molecule has 2 aromatic carbocycles. The van der Waals surface area contributed by atoms with E-state index in [-0.39, 0.29) is 4.90 Å². The molecule has 0 unspecified atom stereocenters. The fourth-order valence-electron chi connectivity index (χ4n) is 2.01. The first-order valence-electron chi connectivity index (χ1n) is 7.61. The number of rotatable bonds is 7. The van der Waals surface area contributed by atoms with Crippen molar-refractivity contribution >= 4 is 39.2 Å². The molecule has 0 aromatic heterocycles. The average Bonchev–Trinajstić information content (AvgIpc) is 2.60. The zero-order valence-electron chi connectivity index (χ0n) is 14.2. The van der Waals surface area contributed by atoms with Crippen LogP contribution < -0.4 is 5.32 Å². The van der Waals surface area contributed by atoms with Gasteiger partial charge in [0.25, 0.3) is 5.91 Å². The number of anilines is 1. The summed E-state index contributed by atoms with van der Waals surface area (Å²) < 4.78 is 43.0. The van der Waals surface area contributed by atoms with Crippen molar-refractivity contribution in [1.82, 2.24) is 4.31 Å². The highest BCUT2D eigenvalue weighted by atomic mass is 35.5. The zero-order valence-corrected chi connectivity index (χ0v) is 15.8. The minimum Gasteiger partial charge on any atom is -0.455 e. The quantitative estimate of drug-likeness (QED) is 0.701. The molecule has 0 spiro atoms. The van der Waals surface area contributed by atoms with Crippen LogP contribution in [0.25, 0.3) is 0 Å². The number of benzene rings is 2. The van der Waals surface area contributed by atoms with Gasteiger partial charge in [-0.3, -0.25) is 9.59 Å². The molecule has 144 valence electrons. The van der Waals surface area contributed by atoms with Gasteiger partial charge < -0.3 is 10.1 Å². The third-order valence-electron chi connectivity index (χ3n) is 3.35. The molecule has 0 aliphatic carbocycles. The lowest BCUT2D eigenvalue weighted by Crippen LogP contribution is -2.34. The van der Waals surface area contributed by atoms with E-state index in [1.165, 1.54) is 13.1 Å². The highest BCUT2D eigenvalue weighted by Gasteiger charge is 2.24. The summed E-state index contributed by atoms with van der Waals surface area (Å²) in [5.74, 6) is -2.10. The van der Waals surface area contributed by atoms with Gasteiger partial charge in [-0.2, -0.15) is 4.31 Å². The number of hydrogen-bond acceptors (Lipinski definition) is 5. The van der Waals surface area contributed by atoms with Crippen molar-refractivity contribution in [2.75, 3.05) is 25.5 Å². The van der Waals surface area contributed by atoms with Crippen LogP contribution in [-0.4, -0.2) is 44.8 Å². The van der Waals surface area contributed by atoms with E-state index in [1.807, 2.05) is 0 Å². The Morgan fingerprint density at radius 2 is 1.85 bits per heavy atom. The van der Waals surface area contributed by atoms with Crippen LogP contribution in [0.1, 0.15) is 0 Å². The highest BCUT2D eigenvalue weighted by Crippen LogP contribution is 2.15. The average molecular weight is 415 g/mol. The molecule has 0 aliphatic heterocycles. The summed E-state index contributed by atoms with van der Waals surface area (Å²) in [7, 11) is -2.82. The maximum absolute atomic E-state index is 12.9. The van der Waals surface area contributed by atoms with Crippen LogP contribution >= 0.6 is 11.6 Å². The number of likely N-dealkylation sites (N-methyl/N-ethyl adjacent to an activating group) is 1. The Hall–Kier alpha value is -2.49. The molecule has 0 fully saturated rings. The molecule has 0 saturated carbocycles. The van der Waals surface area contributed by atoms with Crippen LogP contribution in [0.4, 0.5) is 10.1 Å². The standard InChI is InChI=1S/C17H16ClFN2O5S/c1-21(27(24,25)15-7-5-13(19)6-8-15)10-17(23)26-11-16(22)20-14-4-2-3-12(18)9-14/h2-9H,10-11H2,1H3,(H,20,22). The van der Waals surface area contributed by atoms with Gasteiger partial charge in [-0.15, -0.1) is 0 Å². The number of carbonyl (C=O) groups is 2. The lowest BCUT2D eigenvalue weighted by Gasteiger charge is -2.16. The molecule has 7 nitrogen and oxygen atoms in total. The topological polar surface area (TPSA) is 92.8 Å². The van der Waals surface area contributed by atoms with Crippen LogP contribution in [0.15, 0.2) is 53.4 Å². The normalized spacial score (nSPS) is 11.3. The third-order valence-corrected chi connectivity index (χ3v) is 5.40. The minimum atomic E-state index is -3.99. The lowest BCUT2D eigenvalue weighted by molar-refractivity contribution is -0.147. The second-order valence-corrected chi connectivity index (χ2v) is 7.92. The molecule has 0 aliphatic rings. The van der Waals surface area contributed by atoms with Gasteiger partial charge in [-0.25, -0.2) is 12.8 Å². The number of amides is 1. The van der Waals surface area contributed by atoms with Gasteiger partial charge in [0, 0.05) is 17.8 Å². The number of nitrogens with one attached hydrogen (secondary N) is 1. The fraction of sp³-hybridized carbons (Fsp3) is 0.176. The molecule has 0 atom stereocenters. The summed E-state index contributed by atoms with van der Waals surface area (Å²) in [6.45, 7) is -1.19. The molecular weight excluding hydrogens is 399 g/mol. The van der Waals surface area contributed by atoms with Crippen molar-refractivity contribution in [1.29, 1.82) is 0 Å². The van der Waals surface area contributed by atoms with E-state index in [4.69, 9.17) is 16.3 Å². The zero-order chi connectivity index (χ0) is 20.0. The molecule has 1 amide bonds. The van der Waals surface area contributed by atoms with E-state index in [9.17, 15) is 22.4 Å². The number of esters is 1. The minimum absolute atomic E-state index is 0.169. The molecule has 10 heteroatoms. The predicted octanol–water partition coefficient (Wildman–Crippen LogP) is 2.28. The molecule has 2 aromatic rings. The number of sulfonamides is 1. The molecule has 1 N–H and O–H groups in total. The van der Waals surface area contributed by atoms with Gasteiger partial charge in [0.05, 0.1) is 4.90 Å². The maximum atomic E-state index is 12.9. The van der Waals surface area contributed by atoms with Crippen molar-refractivity contribution < 1.29 is 27.1 Å². The van der Waals surface area contributed by atoms with Gasteiger partial charge in [0.15, 0.2) is 6.61 Å². The summed E-state index contributed by atoms with van der Waals surface area (Å²) in [4.78, 5) is 23.4. The summed E-state index contributed by atoms with van der Waals surface area (Å²) >= 11 is 5.80. The Morgan fingerprint density at radius 3 is 2.48 bits per heavy atom. The first-order chi connectivity index (χ1) is 12.7. The van der Waals surface area contributed by atoms with E-state index in [0.717, 1.165) is 28.6 Å². The van der Waals surface area contributed by atoms with Crippen LogP contribution in [0.5, 0.6) is 0 Å². The molecule has 27 heavy (non-hydrogen) atoms. The number of halogens is 2. The van der Waals surface area contributed by atoms with Gasteiger partial charge in [0.2, 0.25) is 10.0 Å². The van der Waals surface area contributed by atoms with E-state index in [0.29, 0.717) is 10.7 Å². The number of nitrogens with zero attached hydrogens (tertiary/aromatic N) is 1. The molecule has 2 rings (SSSR count). The highest BCUT2D eigenvalue weighted by molar-refractivity contribution is 7.89. The fourth-order valence-corrected chi connectivity index (χ4v) is 3.31. The second kappa shape index (κ2) is 8.94. The first kappa shape index (κ1) is 20.8. The Balaban J connectivity index is 1.87. The van der Waals surface area contributed by atoms with Crippen LogP contribution in [0, 0.1) is 5.82 Å². The number of hydrogen-bond donors (Lipinski definition) is 1. The van der Waals surface area contributed by atoms with Crippen molar-refractivity contribution in [2.45, 2.75) is 4.90 Å². The van der Waals surface area contributed by atoms with Crippen molar-refractivity contribution in [3.8, 4) is 0 Å². The van der Waals surface area contributed by atoms with E-state index >= 15 is 0 Å². The molecule has 0 bridgehead atoms.